The van der Waals surface area contributed by atoms with Crippen LogP contribution in [0.3, 0.4) is 0 Å². The van der Waals surface area contributed by atoms with Crippen LogP contribution in [-0.4, -0.2) is 41.0 Å². The first-order valence-electron chi connectivity index (χ1n) is 7.42. The molecule has 25 heavy (non-hydrogen) atoms. The van der Waals surface area contributed by atoms with Gasteiger partial charge >= 0.3 is 6.09 Å². The summed E-state index contributed by atoms with van der Waals surface area (Å²) in [7, 11) is -0.700. The molecule has 2 aromatic rings. The van der Waals surface area contributed by atoms with Crippen LogP contribution >= 0.6 is 0 Å². The van der Waals surface area contributed by atoms with Gasteiger partial charge in [-0.15, -0.1) is 0 Å². The van der Waals surface area contributed by atoms with Crippen molar-refractivity contribution < 1.29 is 27.4 Å². The van der Waals surface area contributed by atoms with Crippen LogP contribution in [0, 0.1) is 0 Å². The van der Waals surface area contributed by atoms with Gasteiger partial charge in [-0.2, -0.15) is 0 Å². The highest BCUT2D eigenvalue weighted by atomic mass is 32.2. The number of carbonyl (C=O) groups is 1. The van der Waals surface area contributed by atoms with E-state index in [-0.39, 0.29) is 17.2 Å². The number of rotatable bonds is 7. The highest BCUT2D eigenvalue weighted by Crippen LogP contribution is 2.29. The van der Waals surface area contributed by atoms with E-state index in [1.54, 1.807) is 30.3 Å². The molecule has 1 N–H and O–H groups in total. The Morgan fingerprint density at radius 2 is 1.68 bits per heavy atom. The molecule has 0 heterocycles. The summed E-state index contributed by atoms with van der Waals surface area (Å²) in [6.45, 7) is -0.0810. The Morgan fingerprint density at radius 1 is 1.00 bits per heavy atom. The minimum atomic E-state index is -3.59. The van der Waals surface area contributed by atoms with Crippen molar-refractivity contribution in [3.8, 4) is 17.2 Å². The molecule has 0 aliphatic carbocycles. The lowest BCUT2D eigenvalue weighted by atomic mass is 10.3. The Kier molecular flexibility index (Phi) is 6.24. The normalized spacial score (nSPS) is 10.8. The Morgan fingerprint density at radius 3 is 2.32 bits per heavy atom. The molecule has 8 heteroatoms. The van der Waals surface area contributed by atoms with Crippen molar-refractivity contribution in [3.05, 3.63) is 48.5 Å². The summed E-state index contributed by atoms with van der Waals surface area (Å²) in [5, 5.41) is 2.41. The van der Waals surface area contributed by atoms with Crippen molar-refractivity contribution in [2.24, 2.45) is 0 Å². The summed E-state index contributed by atoms with van der Waals surface area (Å²) in [4.78, 5) is 11.7. The van der Waals surface area contributed by atoms with Crippen LogP contribution in [0.15, 0.2) is 53.4 Å². The Labute approximate surface area is 146 Å². The smallest absolute Gasteiger partial charge is 0.412 e. The van der Waals surface area contributed by atoms with Crippen LogP contribution in [-0.2, 0) is 9.84 Å². The van der Waals surface area contributed by atoms with Gasteiger partial charge in [-0.05, 0) is 24.3 Å². The molecule has 2 aromatic carbocycles. The van der Waals surface area contributed by atoms with E-state index in [1.165, 1.54) is 32.4 Å². The predicted octanol–water partition coefficient (Wildman–Crippen LogP) is 2.27. The fourth-order valence-corrected chi connectivity index (χ4v) is 3.22. The zero-order valence-electron chi connectivity index (χ0n) is 13.9. The Hall–Kier alpha value is -2.74. The van der Waals surface area contributed by atoms with Crippen molar-refractivity contribution in [1.82, 2.24) is 5.32 Å². The van der Waals surface area contributed by atoms with E-state index in [4.69, 9.17) is 14.2 Å². The number of hydrogen-bond donors (Lipinski definition) is 1. The third-order valence-corrected chi connectivity index (χ3v) is 5.02. The number of nitrogens with one attached hydrogen (secondary N) is 1. The first-order valence-corrected chi connectivity index (χ1v) is 9.07. The van der Waals surface area contributed by atoms with E-state index < -0.39 is 15.9 Å². The van der Waals surface area contributed by atoms with Gasteiger partial charge in [0.2, 0.25) is 0 Å². The Bertz CT molecular complexity index is 820. The average molecular weight is 365 g/mol. The van der Waals surface area contributed by atoms with E-state index in [2.05, 4.69) is 5.32 Å². The van der Waals surface area contributed by atoms with Gasteiger partial charge in [-0.3, -0.25) is 0 Å². The van der Waals surface area contributed by atoms with Gasteiger partial charge in [0.1, 0.15) is 5.75 Å². The number of para-hydroxylation sites is 1. The molecule has 0 fully saturated rings. The summed E-state index contributed by atoms with van der Waals surface area (Å²) in [5.41, 5.74) is 0. The summed E-state index contributed by atoms with van der Waals surface area (Å²) in [6, 6.07) is 12.8. The first kappa shape index (κ1) is 18.6. The standard InChI is InChI=1S/C17H19NO6S/c1-22-15-9-8-14(12-16(15)23-2)25(20,21)11-10-18-17(19)24-13-6-4-3-5-7-13/h3-9,12H,10-11H2,1-2H3,(H,18,19). The number of amides is 1. The van der Waals surface area contributed by atoms with Crippen LogP contribution < -0.4 is 19.5 Å². The monoisotopic (exact) mass is 365 g/mol. The molecular formula is C17H19NO6S. The maximum atomic E-state index is 12.4. The van der Waals surface area contributed by atoms with Gasteiger partial charge in [-0.1, -0.05) is 18.2 Å². The lowest BCUT2D eigenvalue weighted by Gasteiger charge is -2.10. The second-order valence-electron chi connectivity index (χ2n) is 4.97. The summed E-state index contributed by atoms with van der Waals surface area (Å²) in [6.07, 6.45) is -0.714. The fourth-order valence-electron chi connectivity index (χ4n) is 2.05. The van der Waals surface area contributed by atoms with Gasteiger partial charge in [0.25, 0.3) is 0 Å². The molecule has 0 atom stereocenters. The molecular weight excluding hydrogens is 346 g/mol. The number of hydrogen-bond acceptors (Lipinski definition) is 6. The van der Waals surface area contributed by atoms with E-state index in [0.29, 0.717) is 17.2 Å². The maximum Gasteiger partial charge on any atom is 0.412 e. The zero-order valence-corrected chi connectivity index (χ0v) is 14.7. The molecule has 0 saturated carbocycles. The SMILES string of the molecule is COc1ccc(S(=O)(=O)CCNC(=O)Oc2ccccc2)cc1OC. The number of methoxy groups -OCH3 is 2. The maximum absolute atomic E-state index is 12.4. The fraction of sp³-hybridized carbons (Fsp3) is 0.235. The van der Waals surface area contributed by atoms with Crippen molar-refractivity contribution in [2.45, 2.75) is 4.90 Å². The van der Waals surface area contributed by atoms with Gasteiger partial charge in [0, 0.05) is 12.6 Å². The summed E-state index contributed by atoms with van der Waals surface area (Å²) < 4.78 is 39.9. The van der Waals surface area contributed by atoms with Crippen LogP contribution in [0.25, 0.3) is 0 Å². The molecule has 1 amide bonds. The molecule has 0 bridgehead atoms. The van der Waals surface area contributed by atoms with Gasteiger partial charge in [0.15, 0.2) is 21.3 Å². The van der Waals surface area contributed by atoms with Crippen LogP contribution in [0.1, 0.15) is 0 Å². The van der Waals surface area contributed by atoms with Gasteiger partial charge < -0.3 is 19.5 Å². The second-order valence-corrected chi connectivity index (χ2v) is 7.07. The van der Waals surface area contributed by atoms with Crippen molar-refractivity contribution in [1.29, 1.82) is 0 Å². The number of benzene rings is 2. The van der Waals surface area contributed by atoms with Crippen molar-refractivity contribution in [3.63, 3.8) is 0 Å². The van der Waals surface area contributed by atoms with Crippen molar-refractivity contribution in [2.75, 3.05) is 26.5 Å². The number of ether oxygens (including phenoxy) is 3. The molecule has 0 aliphatic rings. The quantitative estimate of drug-likeness (QED) is 0.809. The minimum absolute atomic E-state index is 0.0810. The Balaban J connectivity index is 1.94. The molecule has 0 radical (unpaired) electrons. The molecule has 0 unspecified atom stereocenters. The topological polar surface area (TPSA) is 90.9 Å². The van der Waals surface area contributed by atoms with E-state index >= 15 is 0 Å². The lowest BCUT2D eigenvalue weighted by Crippen LogP contribution is -2.31. The third-order valence-electron chi connectivity index (χ3n) is 3.31. The number of carbonyl (C=O) groups excluding carboxylic acids is 1. The summed E-state index contributed by atoms with van der Waals surface area (Å²) >= 11 is 0. The highest BCUT2D eigenvalue weighted by Gasteiger charge is 2.17. The third kappa shape index (κ3) is 5.12. The zero-order chi connectivity index (χ0) is 18.3. The van der Waals surface area contributed by atoms with Gasteiger partial charge in [0.05, 0.1) is 24.9 Å². The molecule has 0 aliphatic heterocycles. The summed E-state index contributed by atoms with van der Waals surface area (Å²) in [5.74, 6) is 0.862. The van der Waals surface area contributed by atoms with E-state index in [9.17, 15) is 13.2 Å². The van der Waals surface area contributed by atoms with Crippen LogP contribution in [0.2, 0.25) is 0 Å². The van der Waals surface area contributed by atoms with Crippen LogP contribution in [0.5, 0.6) is 17.2 Å². The first-order chi connectivity index (χ1) is 12.0. The largest absolute Gasteiger partial charge is 0.493 e. The molecule has 2 rings (SSSR count). The van der Waals surface area contributed by atoms with Gasteiger partial charge in [-0.25, -0.2) is 13.2 Å². The predicted molar refractivity (Wildman–Crippen MR) is 92.1 cm³/mol. The molecule has 7 nitrogen and oxygen atoms in total. The molecule has 0 saturated heterocycles. The lowest BCUT2D eigenvalue weighted by molar-refractivity contribution is 0.201. The van der Waals surface area contributed by atoms with Crippen molar-refractivity contribution >= 4 is 15.9 Å². The number of sulfone groups is 1. The van der Waals surface area contributed by atoms with E-state index in [0.717, 1.165) is 0 Å². The highest BCUT2D eigenvalue weighted by molar-refractivity contribution is 7.91. The van der Waals surface area contributed by atoms with E-state index in [1.807, 2.05) is 0 Å². The molecule has 0 aromatic heterocycles. The van der Waals surface area contributed by atoms with Crippen LogP contribution in [0.4, 0.5) is 4.79 Å². The second kappa shape index (κ2) is 8.39. The average Bonchev–Trinajstić information content (AvgIpc) is 2.61. The molecule has 134 valence electrons. The minimum Gasteiger partial charge on any atom is -0.493 e. The molecule has 0 spiro atoms.